The van der Waals surface area contributed by atoms with E-state index >= 15 is 0 Å². The Morgan fingerprint density at radius 2 is 2.06 bits per heavy atom. The second-order valence-electron chi connectivity index (χ2n) is 4.18. The van der Waals surface area contributed by atoms with Crippen LogP contribution in [0.15, 0.2) is 18.2 Å². The predicted molar refractivity (Wildman–Crippen MR) is 71.9 cm³/mol. The third-order valence-electron chi connectivity index (χ3n) is 2.43. The van der Waals surface area contributed by atoms with E-state index < -0.39 is 9.84 Å². The topological polar surface area (TPSA) is 63.4 Å². The Hall–Kier alpha value is -0.780. The lowest BCUT2D eigenvalue weighted by Gasteiger charge is -2.18. The van der Waals surface area contributed by atoms with Crippen molar-refractivity contribution in [3.63, 3.8) is 0 Å². The van der Waals surface area contributed by atoms with E-state index in [9.17, 15) is 8.42 Å². The summed E-state index contributed by atoms with van der Waals surface area (Å²) in [4.78, 5) is 1.89. The number of rotatable bonds is 5. The average molecular weight is 277 g/mol. The molecule has 2 N–H and O–H groups in total. The normalized spacial score (nSPS) is 12.0. The lowest BCUT2D eigenvalue weighted by molar-refractivity contribution is 0.347. The molecule has 0 spiro atoms. The second kappa shape index (κ2) is 5.71. The molecule has 0 unspecified atom stereocenters. The third kappa shape index (κ3) is 4.93. The van der Waals surface area contributed by atoms with Crippen LogP contribution in [0.2, 0.25) is 5.02 Å². The highest BCUT2D eigenvalue weighted by Gasteiger charge is 2.10. The van der Waals surface area contributed by atoms with E-state index in [0.29, 0.717) is 23.8 Å². The van der Waals surface area contributed by atoms with Gasteiger partial charge >= 0.3 is 0 Å². The van der Waals surface area contributed by atoms with Crippen molar-refractivity contribution in [2.24, 2.45) is 0 Å². The molecule has 1 rings (SSSR count). The molecular weight excluding hydrogens is 260 g/mol. The van der Waals surface area contributed by atoms with Gasteiger partial charge in [0.2, 0.25) is 0 Å². The van der Waals surface area contributed by atoms with Crippen LogP contribution in [0.5, 0.6) is 0 Å². The maximum absolute atomic E-state index is 11.0. The zero-order valence-electron chi connectivity index (χ0n) is 9.98. The van der Waals surface area contributed by atoms with Gasteiger partial charge in [-0.3, -0.25) is 0 Å². The molecule has 0 saturated carbocycles. The van der Waals surface area contributed by atoms with Crippen molar-refractivity contribution >= 4 is 27.1 Å². The average Bonchev–Trinajstić information content (AvgIpc) is 2.20. The van der Waals surface area contributed by atoms with Gasteiger partial charge in [-0.05, 0) is 19.2 Å². The van der Waals surface area contributed by atoms with Crippen molar-refractivity contribution in [3.05, 3.63) is 28.8 Å². The van der Waals surface area contributed by atoms with Gasteiger partial charge in [-0.15, -0.1) is 0 Å². The molecule has 0 bridgehead atoms. The van der Waals surface area contributed by atoms with Crippen molar-refractivity contribution in [2.45, 2.75) is 6.54 Å². The highest BCUT2D eigenvalue weighted by atomic mass is 35.5. The molecule has 0 fully saturated rings. The zero-order valence-corrected chi connectivity index (χ0v) is 11.6. The van der Waals surface area contributed by atoms with Crippen LogP contribution >= 0.6 is 11.6 Å². The van der Waals surface area contributed by atoms with Gasteiger partial charge in [0.05, 0.1) is 5.75 Å². The molecule has 0 aromatic heterocycles. The Balaban J connectivity index is 2.65. The molecule has 4 nitrogen and oxygen atoms in total. The fourth-order valence-electron chi connectivity index (χ4n) is 1.41. The number of halogens is 1. The number of sulfone groups is 1. The van der Waals surface area contributed by atoms with Crippen LogP contribution in [0.25, 0.3) is 0 Å². The van der Waals surface area contributed by atoms with Crippen LogP contribution in [-0.2, 0) is 16.4 Å². The van der Waals surface area contributed by atoms with Crippen molar-refractivity contribution in [2.75, 3.05) is 31.3 Å². The largest absolute Gasteiger partial charge is 0.398 e. The number of hydrogen-bond acceptors (Lipinski definition) is 4. The Bertz CT molecular complexity index is 468. The Kier molecular flexibility index (Phi) is 4.80. The van der Waals surface area contributed by atoms with Crippen LogP contribution in [0.3, 0.4) is 0 Å². The highest BCUT2D eigenvalue weighted by Crippen LogP contribution is 2.22. The Morgan fingerprint density at radius 3 is 2.59 bits per heavy atom. The summed E-state index contributed by atoms with van der Waals surface area (Å²) in [6, 6.07) is 5.35. The van der Waals surface area contributed by atoms with Gasteiger partial charge in [-0.1, -0.05) is 17.7 Å². The molecule has 1 aromatic carbocycles. The van der Waals surface area contributed by atoms with Crippen LogP contribution in [0, 0.1) is 0 Å². The van der Waals surface area contributed by atoms with E-state index in [-0.39, 0.29) is 5.75 Å². The minimum absolute atomic E-state index is 0.133. The van der Waals surface area contributed by atoms with Gasteiger partial charge in [-0.2, -0.15) is 0 Å². The first-order valence-electron chi connectivity index (χ1n) is 5.19. The molecule has 0 aliphatic carbocycles. The standard InChI is InChI=1S/C11H17ClN2O2S/c1-14(6-7-17(2,15)16)8-9-10(12)4-3-5-11(9)13/h3-5H,6-8,13H2,1-2H3. The van der Waals surface area contributed by atoms with Crippen molar-refractivity contribution < 1.29 is 8.42 Å². The summed E-state index contributed by atoms with van der Waals surface area (Å²) in [7, 11) is -1.10. The summed E-state index contributed by atoms with van der Waals surface area (Å²) in [5.74, 6) is 0.133. The molecular formula is C11H17ClN2O2S. The summed E-state index contributed by atoms with van der Waals surface area (Å²) >= 11 is 6.04. The molecule has 0 heterocycles. The van der Waals surface area contributed by atoms with E-state index in [2.05, 4.69) is 0 Å². The quantitative estimate of drug-likeness (QED) is 0.826. The number of anilines is 1. The van der Waals surface area contributed by atoms with Gasteiger partial charge in [0.25, 0.3) is 0 Å². The monoisotopic (exact) mass is 276 g/mol. The van der Waals surface area contributed by atoms with Gasteiger partial charge in [0.15, 0.2) is 0 Å². The lowest BCUT2D eigenvalue weighted by atomic mass is 10.1. The van der Waals surface area contributed by atoms with Crippen LogP contribution in [0.1, 0.15) is 5.56 Å². The summed E-state index contributed by atoms with van der Waals surface area (Å²) in [6.07, 6.45) is 1.23. The van der Waals surface area contributed by atoms with Crippen LogP contribution in [-0.4, -0.2) is 38.9 Å². The lowest BCUT2D eigenvalue weighted by Crippen LogP contribution is -2.25. The van der Waals surface area contributed by atoms with Gasteiger partial charge < -0.3 is 10.6 Å². The number of hydrogen-bond donors (Lipinski definition) is 1. The smallest absolute Gasteiger partial charge is 0.148 e. The Morgan fingerprint density at radius 1 is 1.41 bits per heavy atom. The number of nitrogen functional groups attached to an aromatic ring is 1. The molecule has 0 radical (unpaired) electrons. The number of nitrogens with two attached hydrogens (primary N) is 1. The summed E-state index contributed by atoms with van der Waals surface area (Å²) in [6.45, 7) is 1.00. The van der Waals surface area contributed by atoms with E-state index in [1.165, 1.54) is 6.26 Å². The first-order chi connectivity index (χ1) is 7.79. The maximum Gasteiger partial charge on any atom is 0.148 e. The first-order valence-corrected chi connectivity index (χ1v) is 7.62. The SMILES string of the molecule is CN(CCS(C)(=O)=O)Cc1c(N)cccc1Cl. The molecule has 96 valence electrons. The highest BCUT2D eigenvalue weighted by molar-refractivity contribution is 7.90. The molecule has 1 aromatic rings. The molecule has 0 atom stereocenters. The van der Waals surface area contributed by atoms with Crippen molar-refractivity contribution in [3.8, 4) is 0 Å². The van der Waals surface area contributed by atoms with Gasteiger partial charge in [0.1, 0.15) is 9.84 Å². The molecule has 0 amide bonds. The summed E-state index contributed by atoms with van der Waals surface area (Å²) in [5, 5.41) is 0.608. The maximum atomic E-state index is 11.0. The summed E-state index contributed by atoms with van der Waals surface area (Å²) < 4.78 is 22.1. The fraction of sp³-hybridized carbons (Fsp3) is 0.455. The predicted octanol–water partition coefficient (Wildman–Crippen LogP) is 1.40. The van der Waals surface area contributed by atoms with E-state index in [4.69, 9.17) is 17.3 Å². The molecule has 6 heteroatoms. The number of nitrogens with zero attached hydrogens (tertiary/aromatic N) is 1. The van der Waals surface area contributed by atoms with E-state index in [1.54, 1.807) is 18.2 Å². The fourth-order valence-corrected chi connectivity index (χ4v) is 2.30. The second-order valence-corrected chi connectivity index (χ2v) is 6.84. The van der Waals surface area contributed by atoms with Crippen molar-refractivity contribution in [1.82, 2.24) is 4.90 Å². The Labute approximate surface area is 107 Å². The molecule has 0 aliphatic heterocycles. The summed E-state index contributed by atoms with van der Waals surface area (Å²) in [5.41, 5.74) is 7.29. The van der Waals surface area contributed by atoms with Crippen LogP contribution in [0.4, 0.5) is 5.69 Å². The van der Waals surface area contributed by atoms with Crippen molar-refractivity contribution in [1.29, 1.82) is 0 Å². The van der Waals surface area contributed by atoms with E-state index in [0.717, 1.165) is 5.56 Å². The zero-order chi connectivity index (χ0) is 13.1. The van der Waals surface area contributed by atoms with E-state index in [1.807, 2.05) is 11.9 Å². The minimum atomic E-state index is -2.94. The first kappa shape index (κ1) is 14.3. The number of benzene rings is 1. The van der Waals surface area contributed by atoms with Crippen LogP contribution < -0.4 is 5.73 Å². The molecule has 0 aliphatic rings. The molecule has 17 heavy (non-hydrogen) atoms. The third-order valence-corrected chi connectivity index (χ3v) is 3.71. The molecule has 0 saturated heterocycles. The van der Waals surface area contributed by atoms with Gasteiger partial charge in [-0.25, -0.2) is 8.42 Å². The van der Waals surface area contributed by atoms with Gasteiger partial charge in [0, 0.05) is 35.6 Å². The minimum Gasteiger partial charge on any atom is -0.398 e.